The Hall–Kier alpha value is -3.48. The molecule has 0 radical (unpaired) electrons. The van der Waals surface area contributed by atoms with Crippen molar-refractivity contribution in [3.05, 3.63) is 81.4 Å². The van der Waals surface area contributed by atoms with Crippen LogP contribution in [0.2, 0.25) is 0 Å². The molecule has 180 valence electrons. The summed E-state index contributed by atoms with van der Waals surface area (Å²) in [5.74, 6) is 0.769. The van der Waals surface area contributed by atoms with Gasteiger partial charge in [-0.15, -0.1) is 5.10 Å². The van der Waals surface area contributed by atoms with Gasteiger partial charge in [-0.2, -0.15) is 0 Å². The van der Waals surface area contributed by atoms with Crippen LogP contribution in [-0.4, -0.2) is 31.7 Å². The van der Waals surface area contributed by atoms with Crippen LogP contribution in [0.3, 0.4) is 0 Å². The van der Waals surface area contributed by atoms with E-state index >= 15 is 0 Å². The number of tetrazole rings is 1. The molecule has 7 nitrogen and oxygen atoms in total. The van der Waals surface area contributed by atoms with Gasteiger partial charge in [0.15, 0.2) is 5.82 Å². The fourth-order valence-corrected chi connectivity index (χ4v) is 5.94. The Balaban J connectivity index is 1.55. The molecule has 1 aliphatic carbocycles. The number of anilines is 1. The van der Waals surface area contributed by atoms with E-state index in [1.807, 2.05) is 10.7 Å². The number of para-hydroxylation sites is 1. The zero-order valence-electron chi connectivity index (χ0n) is 20.3. The molecule has 3 heterocycles. The minimum Gasteiger partial charge on any atom is -0.357 e. The van der Waals surface area contributed by atoms with E-state index in [0.717, 1.165) is 55.4 Å². The second kappa shape index (κ2) is 9.29. The van der Waals surface area contributed by atoms with E-state index in [2.05, 4.69) is 74.8 Å². The van der Waals surface area contributed by atoms with Gasteiger partial charge in [0.1, 0.15) is 6.04 Å². The normalized spacial score (nSPS) is 17.5. The molecule has 0 saturated heterocycles. The molecule has 0 unspecified atom stereocenters. The van der Waals surface area contributed by atoms with Gasteiger partial charge in [0, 0.05) is 23.3 Å². The summed E-state index contributed by atoms with van der Waals surface area (Å²) in [6.07, 6.45) is 8.83. The lowest BCUT2D eigenvalue weighted by atomic mass is 9.94. The second-order valence-corrected chi connectivity index (χ2v) is 9.93. The maximum Gasteiger partial charge on any atom is 0.254 e. The number of aromatic amines is 1. The Morgan fingerprint density at radius 1 is 1.06 bits per heavy atom. The lowest BCUT2D eigenvalue weighted by Crippen LogP contribution is -2.39. The Morgan fingerprint density at radius 2 is 1.91 bits per heavy atom. The summed E-state index contributed by atoms with van der Waals surface area (Å²) in [5, 5.41) is 14.2. The first-order valence-electron chi connectivity index (χ1n) is 13.0. The standard InChI is InChI=1S/C28H32N6O/c1-2-19-14-15-24-21(17-19)18-23(28(35)29-24)26(33-16-8-10-20-9-6-7-13-25(20)33)27-30-31-32-34(27)22-11-4-3-5-12-22/h6-7,9,13-15,17-18,22,26H,2-5,8,10-12,16H2,1H3,(H,29,35)/t26-/m1/s1. The van der Waals surface area contributed by atoms with Crippen molar-refractivity contribution in [2.24, 2.45) is 0 Å². The highest BCUT2D eigenvalue weighted by Gasteiger charge is 2.34. The van der Waals surface area contributed by atoms with E-state index in [4.69, 9.17) is 0 Å². The van der Waals surface area contributed by atoms with Crippen LogP contribution in [-0.2, 0) is 12.8 Å². The van der Waals surface area contributed by atoms with Crippen LogP contribution in [0.25, 0.3) is 10.9 Å². The average molecular weight is 469 g/mol. The van der Waals surface area contributed by atoms with Gasteiger partial charge in [0.25, 0.3) is 5.56 Å². The fraction of sp³-hybridized carbons (Fsp3) is 0.429. The van der Waals surface area contributed by atoms with E-state index in [0.29, 0.717) is 5.56 Å². The van der Waals surface area contributed by atoms with Crippen molar-refractivity contribution < 1.29 is 0 Å². The smallest absolute Gasteiger partial charge is 0.254 e. The SMILES string of the molecule is CCc1ccc2[nH]c(=O)c([C@H](c3nnnn3C3CCCCC3)N3CCCc4ccccc43)cc2c1. The third-order valence-corrected chi connectivity index (χ3v) is 7.78. The molecule has 1 fully saturated rings. The van der Waals surface area contributed by atoms with Crippen molar-refractivity contribution in [2.75, 3.05) is 11.4 Å². The van der Waals surface area contributed by atoms with Crippen molar-refractivity contribution in [1.29, 1.82) is 0 Å². The van der Waals surface area contributed by atoms with Gasteiger partial charge in [-0.25, -0.2) is 4.68 Å². The molecule has 2 aromatic carbocycles. The van der Waals surface area contributed by atoms with Crippen LogP contribution in [0.1, 0.15) is 80.0 Å². The van der Waals surface area contributed by atoms with Crippen LogP contribution < -0.4 is 10.5 Å². The first kappa shape index (κ1) is 22.0. The van der Waals surface area contributed by atoms with Crippen molar-refractivity contribution in [3.8, 4) is 0 Å². The van der Waals surface area contributed by atoms with E-state index in [9.17, 15) is 4.79 Å². The van der Waals surface area contributed by atoms with E-state index in [1.54, 1.807) is 0 Å². The van der Waals surface area contributed by atoms with Crippen molar-refractivity contribution in [2.45, 2.75) is 70.4 Å². The highest BCUT2D eigenvalue weighted by atomic mass is 16.1. The van der Waals surface area contributed by atoms with Gasteiger partial charge in [0.2, 0.25) is 0 Å². The molecule has 2 aliphatic rings. The maximum atomic E-state index is 13.6. The molecule has 6 rings (SSSR count). The number of pyridine rings is 1. The number of hydrogen-bond donors (Lipinski definition) is 1. The van der Waals surface area contributed by atoms with Gasteiger partial charge in [0.05, 0.1) is 6.04 Å². The summed E-state index contributed by atoms with van der Waals surface area (Å²) in [7, 11) is 0. The number of fused-ring (bicyclic) bond motifs is 2. The van der Waals surface area contributed by atoms with Crippen molar-refractivity contribution in [3.63, 3.8) is 0 Å². The summed E-state index contributed by atoms with van der Waals surface area (Å²) in [5.41, 5.74) is 5.22. The Morgan fingerprint density at radius 3 is 2.77 bits per heavy atom. The molecule has 0 spiro atoms. The van der Waals surface area contributed by atoms with Gasteiger partial charge in [-0.05, 0) is 83.3 Å². The van der Waals surface area contributed by atoms with Crippen LogP contribution in [0.15, 0.2) is 53.3 Å². The summed E-state index contributed by atoms with van der Waals surface area (Å²) >= 11 is 0. The zero-order valence-corrected chi connectivity index (χ0v) is 20.3. The van der Waals surface area contributed by atoms with Gasteiger partial charge < -0.3 is 9.88 Å². The fourth-order valence-electron chi connectivity index (χ4n) is 5.94. The summed E-state index contributed by atoms with van der Waals surface area (Å²) in [6.45, 7) is 3.01. The van der Waals surface area contributed by atoms with Crippen LogP contribution in [0.4, 0.5) is 5.69 Å². The van der Waals surface area contributed by atoms with Crippen molar-refractivity contribution >= 4 is 16.6 Å². The minimum absolute atomic E-state index is 0.0759. The van der Waals surface area contributed by atoms with Gasteiger partial charge in [-0.1, -0.05) is 50.5 Å². The predicted molar refractivity (Wildman–Crippen MR) is 138 cm³/mol. The quantitative estimate of drug-likeness (QED) is 0.440. The third kappa shape index (κ3) is 4.03. The largest absolute Gasteiger partial charge is 0.357 e. The topological polar surface area (TPSA) is 79.7 Å². The predicted octanol–water partition coefficient (Wildman–Crippen LogP) is 5.12. The van der Waals surface area contributed by atoms with Crippen LogP contribution in [0, 0.1) is 0 Å². The number of aromatic nitrogens is 5. The monoisotopic (exact) mass is 468 g/mol. The van der Waals surface area contributed by atoms with E-state index in [1.165, 1.54) is 36.1 Å². The number of aryl methyl sites for hydroxylation is 2. The Bertz CT molecular complexity index is 1400. The second-order valence-electron chi connectivity index (χ2n) is 9.93. The van der Waals surface area contributed by atoms with Crippen LogP contribution in [0.5, 0.6) is 0 Å². The third-order valence-electron chi connectivity index (χ3n) is 7.78. The number of nitrogens with one attached hydrogen (secondary N) is 1. The molecule has 1 atom stereocenters. The number of H-pyrrole nitrogens is 1. The summed E-state index contributed by atoms with van der Waals surface area (Å²) < 4.78 is 2.02. The van der Waals surface area contributed by atoms with E-state index in [-0.39, 0.29) is 17.6 Å². The first-order valence-corrected chi connectivity index (χ1v) is 13.0. The molecular weight excluding hydrogens is 436 g/mol. The van der Waals surface area contributed by atoms with Gasteiger partial charge >= 0.3 is 0 Å². The van der Waals surface area contributed by atoms with Crippen molar-refractivity contribution in [1.82, 2.24) is 25.2 Å². The summed E-state index contributed by atoms with van der Waals surface area (Å²) in [4.78, 5) is 19.1. The van der Waals surface area contributed by atoms with Gasteiger partial charge in [-0.3, -0.25) is 4.79 Å². The molecule has 0 bridgehead atoms. The van der Waals surface area contributed by atoms with E-state index < -0.39 is 0 Å². The van der Waals surface area contributed by atoms with Crippen LogP contribution >= 0.6 is 0 Å². The summed E-state index contributed by atoms with van der Waals surface area (Å²) in [6, 6.07) is 16.8. The highest BCUT2D eigenvalue weighted by Crippen LogP contribution is 2.38. The average Bonchev–Trinajstić information content (AvgIpc) is 3.39. The molecule has 2 aromatic heterocycles. The molecule has 1 N–H and O–H groups in total. The number of benzene rings is 2. The minimum atomic E-state index is -0.355. The molecular formula is C28H32N6O. The molecule has 0 amide bonds. The highest BCUT2D eigenvalue weighted by molar-refractivity contribution is 5.80. The Labute approximate surface area is 205 Å². The number of nitrogens with zero attached hydrogens (tertiary/aromatic N) is 5. The first-order chi connectivity index (χ1) is 17.2. The lowest BCUT2D eigenvalue weighted by molar-refractivity contribution is 0.313. The Kier molecular flexibility index (Phi) is 5.84. The molecule has 4 aromatic rings. The lowest BCUT2D eigenvalue weighted by Gasteiger charge is -2.38. The molecule has 7 heteroatoms. The molecule has 1 aliphatic heterocycles. The zero-order chi connectivity index (χ0) is 23.8. The molecule has 35 heavy (non-hydrogen) atoms. The maximum absolute atomic E-state index is 13.6. The number of rotatable bonds is 5. The number of hydrogen-bond acceptors (Lipinski definition) is 5. The molecule has 1 saturated carbocycles.